The van der Waals surface area contributed by atoms with Gasteiger partial charge in [0, 0.05) is 13.1 Å². The van der Waals surface area contributed by atoms with Gasteiger partial charge in [-0.15, -0.1) is 0 Å². The molecule has 20 heavy (non-hydrogen) atoms. The molecule has 0 aliphatic rings. The number of hydrogen-bond acceptors (Lipinski definition) is 4. The molecule has 4 N–H and O–H groups in total. The van der Waals surface area contributed by atoms with E-state index in [2.05, 4.69) is 15.4 Å². The molecule has 0 atom stereocenters. The summed E-state index contributed by atoms with van der Waals surface area (Å²) in [5.74, 6) is -1.03. The van der Waals surface area contributed by atoms with Crippen molar-refractivity contribution in [1.82, 2.24) is 15.4 Å². The molecule has 0 rings (SSSR count). The summed E-state index contributed by atoms with van der Waals surface area (Å²) in [5.41, 5.74) is -2.14. The molecular weight excluding hydrogens is 286 g/mol. The molecule has 0 bridgehead atoms. The molecule has 0 radical (unpaired) electrons. The predicted molar refractivity (Wildman–Crippen MR) is 74.9 cm³/mol. The summed E-state index contributed by atoms with van der Waals surface area (Å²) >= 11 is 0. The summed E-state index contributed by atoms with van der Waals surface area (Å²) in [6.45, 7) is 6.41. The zero-order valence-electron chi connectivity index (χ0n) is 12.4. The van der Waals surface area contributed by atoms with E-state index in [4.69, 9.17) is 5.11 Å². The largest absolute Gasteiger partial charge is 0.481 e. The Hall–Kier alpha value is -1.35. The maximum atomic E-state index is 11.7. The van der Waals surface area contributed by atoms with E-state index in [1.54, 1.807) is 13.8 Å². The highest BCUT2D eigenvalue weighted by molar-refractivity contribution is 7.88. The molecule has 0 fully saturated rings. The van der Waals surface area contributed by atoms with Crippen LogP contribution in [0.2, 0.25) is 0 Å². The van der Waals surface area contributed by atoms with Crippen LogP contribution < -0.4 is 15.4 Å². The number of carboxylic acid groups (broad SMARTS) is 1. The van der Waals surface area contributed by atoms with E-state index in [-0.39, 0.29) is 13.1 Å². The Bertz CT molecular complexity index is 470. The molecule has 0 unspecified atom stereocenters. The second kappa shape index (κ2) is 6.40. The Morgan fingerprint density at radius 2 is 1.60 bits per heavy atom. The number of amides is 2. The highest BCUT2D eigenvalue weighted by Crippen LogP contribution is 2.30. The Morgan fingerprint density at radius 3 is 2.00 bits per heavy atom. The number of nitrogens with one attached hydrogen (secondary N) is 3. The molecule has 0 saturated heterocycles. The van der Waals surface area contributed by atoms with Gasteiger partial charge in [-0.3, -0.25) is 4.79 Å². The quantitative estimate of drug-likeness (QED) is 0.482. The summed E-state index contributed by atoms with van der Waals surface area (Å²) in [6.07, 6.45) is 1.02. The van der Waals surface area contributed by atoms with Gasteiger partial charge in [0.2, 0.25) is 10.0 Å². The molecule has 2 amide bonds. The number of sulfonamides is 1. The monoisotopic (exact) mass is 309 g/mol. The highest BCUT2D eigenvalue weighted by atomic mass is 32.2. The van der Waals surface area contributed by atoms with Gasteiger partial charge in [-0.05, 0) is 27.7 Å². The normalized spacial score (nSPS) is 12.8. The second-order valence-corrected chi connectivity index (χ2v) is 7.44. The second-order valence-electron chi connectivity index (χ2n) is 5.60. The minimum absolute atomic E-state index is 0.0645. The van der Waals surface area contributed by atoms with Gasteiger partial charge in [-0.1, -0.05) is 0 Å². The fourth-order valence-electron chi connectivity index (χ4n) is 1.16. The third-order valence-corrected chi connectivity index (χ3v) is 4.03. The third kappa shape index (κ3) is 5.74. The van der Waals surface area contributed by atoms with Crippen molar-refractivity contribution in [3.8, 4) is 0 Å². The molecule has 0 aliphatic heterocycles. The van der Waals surface area contributed by atoms with E-state index in [0.717, 1.165) is 6.26 Å². The van der Waals surface area contributed by atoms with Crippen molar-refractivity contribution in [3.05, 3.63) is 0 Å². The summed E-state index contributed by atoms with van der Waals surface area (Å²) in [7, 11) is -3.29. The lowest BCUT2D eigenvalue weighted by atomic mass is 9.74. The summed E-state index contributed by atoms with van der Waals surface area (Å²) in [5, 5.41) is 14.2. The molecule has 9 heteroatoms. The van der Waals surface area contributed by atoms with Gasteiger partial charge < -0.3 is 15.7 Å². The number of carbonyl (C=O) groups excluding carboxylic acids is 1. The maximum Gasteiger partial charge on any atom is 0.315 e. The zero-order valence-corrected chi connectivity index (χ0v) is 13.2. The topological polar surface area (TPSA) is 125 Å². The van der Waals surface area contributed by atoms with E-state index in [1.807, 2.05) is 0 Å². The molecule has 0 aromatic carbocycles. The number of rotatable bonds is 7. The van der Waals surface area contributed by atoms with E-state index in [0.29, 0.717) is 0 Å². The van der Waals surface area contributed by atoms with Crippen molar-refractivity contribution in [2.45, 2.75) is 33.2 Å². The smallest absolute Gasteiger partial charge is 0.315 e. The SMILES string of the molecule is CC(C)(NC(=O)NCCNS(C)(=O)=O)C(C)(C)C(=O)O. The average Bonchev–Trinajstić information content (AvgIpc) is 2.22. The van der Waals surface area contributed by atoms with Gasteiger partial charge >= 0.3 is 12.0 Å². The maximum absolute atomic E-state index is 11.7. The number of aliphatic carboxylic acids is 1. The minimum Gasteiger partial charge on any atom is -0.481 e. The van der Waals surface area contributed by atoms with Gasteiger partial charge in [-0.25, -0.2) is 17.9 Å². The molecule has 0 spiro atoms. The standard InChI is InChI=1S/C11H23N3O5S/c1-10(2,8(15)16)11(3,4)14-9(17)12-6-7-13-20(5,18)19/h13H,6-7H2,1-5H3,(H,15,16)(H2,12,14,17). The third-order valence-electron chi connectivity index (χ3n) is 3.30. The average molecular weight is 309 g/mol. The van der Waals surface area contributed by atoms with Crippen LogP contribution in [0.15, 0.2) is 0 Å². The Labute approximate surface area is 119 Å². The van der Waals surface area contributed by atoms with Crippen LogP contribution in [-0.4, -0.2) is 50.4 Å². The van der Waals surface area contributed by atoms with Crippen LogP contribution in [0.25, 0.3) is 0 Å². The van der Waals surface area contributed by atoms with Crippen molar-refractivity contribution < 1.29 is 23.1 Å². The van der Waals surface area contributed by atoms with Crippen LogP contribution in [0, 0.1) is 5.41 Å². The number of hydrogen-bond donors (Lipinski definition) is 4. The fourth-order valence-corrected chi connectivity index (χ4v) is 1.64. The van der Waals surface area contributed by atoms with Crippen LogP contribution in [0.5, 0.6) is 0 Å². The first kappa shape index (κ1) is 18.7. The molecule has 0 aromatic heterocycles. The van der Waals surface area contributed by atoms with Crippen molar-refractivity contribution >= 4 is 22.0 Å². The van der Waals surface area contributed by atoms with Gasteiger partial charge in [0.1, 0.15) is 0 Å². The van der Waals surface area contributed by atoms with E-state index < -0.39 is 33.0 Å². The first-order chi connectivity index (χ1) is 8.79. The number of carbonyl (C=O) groups is 2. The molecular formula is C11H23N3O5S. The first-order valence-electron chi connectivity index (χ1n) is 6.03. The van der Waals surface area contributed by atoms with Crippen LogP contribution in [0.4, 0.5) is 4.79 Å². The van der Waals surface area contributed by atoms with Crippen LogP contribution in [-0.2, 0) is 14.8 Å². The van der Waals surface area contributed by atoms with Crippen molar-refractivity contribution in [2.75, 3.05) is 19.3 Å². The lowest BCUT2D eigenvalue weighted by molar-refractivity contribution is -0.150. The van der Waals surface area contributed by atoms with Crippen LogP contribution in [0.1, 0.15) is 27.7 Å². The van der Waals surface area contributed by atoms with Crippen molar-refractivity contribution in [3.63, 3.8) is 0 Å². The Kier molecular flexibility index (Phi) is 5.97. The van der Waals surface area contributed by atoms with Crippen molar-refractivity contribution in [1.29, 1.82) is 0 Å². The fraction of sp³-hybridized carbons (Fsp3) is 0.818. The number of urea groups is 1. The molecule has 8 nitrogen and oxygen atoms in total. The Morgan fingerprint density at radius 1 is 1.10 bits per heavy atom. The highest BCUT2D eigenvalue weighted by Gasteiger charge is 2.44. The molecule has 0 aromatic rings. The van der Waals surface area contributed by atoms with Gasteiger partial charge in [0.15, 0.2) is 0 Å². The van der Waals surface area contributed by atoms with E-state index in [9.17, 15) is 18.0 Å². The van der Waals surface area contributed by atoms with Crippen LogP contribution in [0.3, 0.4) is 0 Å². The van der Waals surface area contributed by atoms with E-state index >= 15 is 0 Å². The lowest BCUT2D eigenvalue weighted by Crippen LogP contribution is -2.59. The molecule has 0 saturated carbocycles. The van der Waals surface area contributed by atoms with Crippen molar-refractivity contribution in [2.24, 2.45) is 5.41 Å². The minimum atomic E-state index is -3.29. The van der Waals surface area contributed by atoms with Gasteiger partial charge in [0.25, 0.3) is 0 Å². The van der Waals surface area contributed by atoms with Gasteiger partial charge in [-0.2, -0.15) is 0 Å². The summed E-state index contributed by atoms with van der Waals surface area (Å²) in [6, 6.07) is -0.556. The summed E-state index contributed by atoms with van der Waals surface area (Å²) < 4.78 is 23.8. The van der Waals surface area contributed by atoms with Gasteiger partial charge in [0.05, 0.1) is 17.2 Å². The summed E-state index contributed by atoms with van der Waals surface area (Å²) in [4.78, 5) is 22.8. The van der Waals surface area contributed by atoms with Crippen LogP contribution >= 0.6 is 0 Å². The predicted octanol–water partition coefficient (Wildman–Crippen LogP) is -0.276. The zero-order chi connectivity index (χ0) is 16.2. The molecule has 0 heterocycles. The Balaban J connectivity index is 4.37. The molecule has 118 valence electrons. The lowest BCUT2D eigenvalue weighted by Gasteiger charge is -2.38. The number of carboxylic acids is 1. The first-order valence-corrected chi connectivity index (χ1v) is 7.93. The molecule has 0 aliphatic carbocycles. The van der Waals surface area contributed by atoms with E-state index in [1.165, 1.54) is 13.8 Å².